The summed E-state index contributed by atoms with van der Waals surface area (Å²) >= 11 is 7.24. The lowest BCUT2D eigenvalue weighted by Gasteiger charge is -2.15. The molecule has 0 atom stereocenters. The third kappa shape index (κ3) is 6.28. The fourth-order valence-corrected chi connectivity index (χ4v) is 4.65. The van der Waals surface area contributed by atoms with Gasteiger partial charge in [-0.05, 0) is 30.3 Å². The van der Waals surface area contributed by atoms with Crippen LogP contribution in [-0.2, 0) is 16.6 Å². The second-order valence-electron chi connectivity index (χ2n) is 6.68. The van der Waals surface area contributed by atoms with Crippen LogP contribution in [0, 0.1) is 11.6 Å². The topological polar surface area (TPSA) is 95.1 Å². The number of thiazole rings is 1. The van der Waals surface area contributed by atoms with Gasteiger partial charge in [0.2, 0.25) is 0 Å². The van der Waals surface area contributed by atoms with Gasteiger partial charge in [-0.25, -0.2) is 22.2 Å². The van der Waals surface area contributed by atoms with Crippen LogP contribution in [0.1, 0.15) is 12.5 Å². The number of hydrogen-bond acceptors (Lipinski definition) is 7. The summed E-state index contributed by atoms with van der Waals surface area (Å²) in [5.74, 6) is -1.95. The molecule has 0 saturated heterocycles. The zero-order valence-electron chi connectivity index (χ0n) is 17.1. The van der Waals surface area contributed by atoms with Crippen LogP contribution >= 0.6 is 22.9 Å². The highest BCUT2D eigenvalue weighted by Crippen LogP contribution is 2.27. The summed E-state index contributed by atoms with van der Waals surface area (Å²) in [6.45, 7) is 4.43. The highest BCUT2D eigenvalue weighted by atomic mass is 35.5. The van der Waals surface area contributed by atoms with Crippen molar-refractivity contribution < 1.29 is 17.2 Å². The highest BCUT2D eigenvalue weighted by Gasteiger charge is 2.23. The molecule has 12 heteroatoms. The molecule has 0 unspecified atom stereocenters. The Morgan fingerprint density at radius 2 is 1.88 bits per heavy atom. The molecule has 32 heavy (non-hydrogen) atoms. The maximum absolute atomic E-state index is 14.6. The minimum Gasteiger partial charge on any atom is -0.383 e. The molecule has 0 radical (unpaired) electrons. The molecule has 0 aliphatic carbocycles. The number of aromatic nitrogens is 1. The SMILES string of the molecule is CCNCCNc1cc(Cl)ccc1CNc1cc(F)c(S(=O)(=O)Nc2cscn2)cc1F. The summed E-state index contributed by atoms with van der Waals surface area (Å²) in [5, 5.41) is 11.2. The van der Waals surface area contributed by atoms with Crippen LogP contribution in [0.5, 0.6) is 0 Å². The molecule has 4 N–H and O–H groups in total. The smallest absolute Gasteiger partial charge is 0.266 e. The Morgan fingerprint density at radius 1 is 1.06 bits per heavy atom. The van der Waals surface area contributed by atoms with Crippen molar-refractivity contribution in [3.63, 3.8) is 0 Å². The van der Waals surface area contributed by atoms with E-state index in [1.807, 2.05) is 6.92 Å². The maximum atomic E-state index is 14.6. The van der Waals surface area contributed by atoms with Crippen LogP contribution in [0.15, 0.2) is 46.1 Å². The Bertz CT molecular complexity index is 1160. The number of anilines is 3. The fourth-order valence-electron chi connectivity index (χ4n) is 2.85. The molecule has 0 aliphatic heterocycles. The summed E-state index contributed by atoms with van der Waals surface area (Å²) in [7, 11) is -4.33. The van der Waals surface area contributed by atoms with Crippen molar-refractivity contribution in [2.24, 2.45) is 0 Å². The molecule has 0 aliphatic rings. The molecule has 7 nitrogen and oxygen atoms in total. The Kier molecular flexibility index (Phi) is 8.24. The van der Waals surface area contributed by atoms with E-state index in [4.69, 9.17) is 11.6 Å². The summed E-state index contributed by atoms with van der Waals surface area (Å²) in [5.41, 5.74) is 2.80. The van der Waals surface area contributed by atoms with Crippen LogP contribution in [0.4, 0.5) is 26.0 Å². The first-order valence-electron chi connectivity index (χ1n) is 9.67. The predicted octanol–water partition coefficient (Wildman–Crippen LogP) is 4.51. The van der Waals surface area contributed by atoms with Gasteiger partial charge >= 0.3 is 0 Å². The van der Waals surface area contributed by atoms with E-state index in [2.05, 4.69) is 25.7 Å². The molecule has 0 bridgehead atoms. The predicted molar refractivity (Wildman–Crippen MR) is 125 cm³/mol. The Morgan fingerprint density at radius 3 is 2.59 bits per heavy atom. The number of nitrogens with zero attached hydrogens (tertiary/aromatic N) is 1. The Balaban J connectivity index is 1.74. The number of nitrogens with one attached hydrogen (secondary N) is 4. The zero-order chi connectivity index (χ0) is 23.1. The van der Waals surface area contributed by atoms with Crippen molar-refractivity contribution in [2.75, 3.05) is 35.0 Å². The summed E-state index contributed by atoms with van der Waals surface area (Å²) in [6.07, 6.45) is 0. The van der Waals surface area contributed by atoms with Gasteiger partial charge in [0.1, 0.15) is 16.5 Å². The standard InChI is InChI=1S/C20H22ClF2N5O2S2/c1-2-24-5-6-25-17-7-14(21)4-3-13(17)10-26-18-8-16(23)19(9-15(18)22)32(29,30)28-20-11-31-12-27-20/h3-4,7-9,11-12,24-26,28H,2,5-6,10H2,1H3. The zero-order valence-corrected chi connectivity index (χ0v) is 19.5. The lowest BCUT2D eigenvalue weighted by atomic mass is 10.1. The third-order valence-electron chi connectivity index (χ3n) is 4.39. The van der Waals surface area contributed by atoms with Gasteiger partial charge in [-0.2, -0.15) is 0 Å². The van der Waals surface area contributed by atoms with Crippen molar-refractivity contribution in [2.45, 2.75) is 18.4 Å². The van der Waals surface area contributed by atoms with Gasteiger partial charge in [0.25, 0.3) is 10.0 Å². The maximum Gasteiger partial charge on any atom is 0.266 e. The molecule has 1 heterocycles. The molecular weight excluding hydrogens is 480 g/mol. The number of sulfonamides is 1. The number of rotatable bonds is 11. The Labute approximate surface area is 194 Å². The minimum absolute atomic E-state index is 0.0360. The molecule has 172 valence electrons. The van der Waals surface area contributed by atoms with Crippen LogP contribution in [-0.4, -0.2) is 33.0 Å². The molecule has 2 aromatic carbocycles. The normalized spacial score (nSPS) is 11.4. The molecule has 0 spiro atoms. The number of benzene rings is 2. The van der Waals surface area contributed by atoms with Crippen LogP contribution in [0.3, 0.4) is 0 Å². The molecule has 0 amide bonds. The van der Waals surface area contributed by atoms with Gasteiger partial charge in [0.15, 0.2) is 5.82 Å². The van der Waals surface area contributed by atoms with Crippen molar-refractivity contribution in [1.82, 2.24) is 10.3 Å². The van der Waals surface area contributed by atoms with Gasteiger partial charge in [0.05, 0.1) is 11.2 Å². The average molecular weight is 502 g/mol. The number of hydrogen-bond donors (Lipinski definition) is 4. The average Bonchev–Trinajstić information content (AvgIpc) is 3.24. The minimum atomic E-state index is -4.33. The van der Waals surface area contributed by atoms with E-state index in [9.17, 15) is 17.2 Å². The molecule has 0 saturated carbocycles. The van der Waals surface area contributed by atoms with E-state index in [1.54, 1.807) is 18.2 Å². The van der Waals surface area contributed by atoms with E-state index in [1.165, 1.54) is 22.2 Å². The first-order chi connectivity index (χ1) is 15.3. The van der Waals surface area contributed by atoms with E-state index in [0.29, 0.717) is 17.6 Å². The monoisotopic (exact) mass is 501 g/mol. The molecular formula is C20H22ClF2N5O2S2. The van der Waals surface area contributed by atoms with E-state index < -0.39 is 26.6 Å². The molecule has 3 aromatic rings. The second-order valence-corrected chi connectivity index (χ2v) is 9.48. The van der Waals surface area contributed by atoms with Gasteiger partial charge < -0.3 is 16.0 Å². The lowest BCUT2D eigenvalue weighted by Crippen LogP contribution is -2.22. The summed E-state index contributed by atoms with van der Waals surface area (Å²) in [6, 6.07) is 6.69. The van der Waals surface area contributed by atoms with Gasteiger partial charge in [-0.3, -0.25) is 4.72 Å². The van der Waals surface area contributed by atoms with Crippen molar-refractivity contribution in [1.29, 1.82) is 0 Å². The highest BCUT2D eigenvalue weighted by molar-refractivity contribution is 7.92. The number of halogens is 3. The quantitative estimate of drug-likeness (QED) is 0.289. The van der Waals surface area contributed by atoms with Gasteiger partial charge in [-0.15, -0.1) is 11.3 Å². The lowest BCUT2D eigenvalue weighted by molar-refractivity contribution is 0.557. The fraction of sp³-hybridized carbons (Fsp3) is 0.250. The van der Waals surface area contributed by atoms with Crippen molar-refractivity contribution in [3.8, 4) is 0 Å². The molecule has 0 fully saturated rings. The Hall–Kier alpha value is -2.47. The van der Waals surface area contributed by atoms with Crippen LogP contribution in [0.2, 0.25) is 5.02 Å². The first kappa shape index (κ1) is 24.2. The van der Waals surface area contributed by atoms with Crippen molar-refractivity contribution in [3.05, 3.63) is 63.4 Å². The second kappa shape index (κ2) is 10.9. The molecule has 1 aromatic heterocycles. The van der Waals surface area contributed by atoms with E-state index >= 15 is 0 Å². The van der Waals surface area contributed by atoms with Crippen LogP contribution in [0.25, 0.3) is 0 Å². The largest absolute Gasteiger partial charge is 0.383 e. The van der Waals surface area contributed by atoms with E-state index in [-0.39, 0.29) is 18.1 Å². The van der Waals surface area contributed by atoms with Gasteiger partial charge in [0, 0.05) is 41.8 Å². The van der Waals surface area contributed by atoms with E-state index in [0.717, 1.165) is 30.4 Å². The number of likely N-dealkylation sites (N-methyl/N-ethyl adjacent to an activating group) is 1. The first-order valence-corrected chi connectivity index (χ1v) is 12.5. The molecule has 3 rings (SSSR count). The summed E-state index contributed by atoms with van der Waals surface area (Å²) < 4.78 is 56.1. The van der Waals surface area contributed by atoms with Gasteiger partial charge in [-0.1, -0.05) is 24.6 Å². The van der Waals surface area contributed by atoms with Crippen molar-refractivity contribution >= 4 is 50.2 Å². The van der Waals surface area contributed by atoms with Crippen LogP contribution < -0.4 is 20.7 Å². The third-order valence-corrected chi connectivity index (χ3v) is 6.58. The summed E-state index contributed by atoms with van der Waals surface area (Å²) in [4.78, 5) is 2.99.